The molecule has 4 N–H and O–H groups in total. The highest BCUT2D eigenvalue weighted by Crippen LogP contribution is 2.35. The van der Waals surface area contributed by atoms with Gasteiger partial charge in [0.2, 0.25) is 5.96 Å². The van der Waals surface area contributed by atoms with E-state index in [9.17, 15) is 26.6 Å². The number of alkyl halides is 3. The van der Waals surface area contributed by atoms with Crippen molar-refractivity contribution in [1.29, 1.82) is 0 Å². The number of aromatic nitrogens is 1. The Hall–Kier alpha value is -2.64. The molecule has 150 valence electrons. The zero-order valence-corrected chi connectivity index (χ0v) is 14.9. The van der Waals surface area contributed by atoms with Gasteiger partial charge < -0.3 is 10.8 Å². The lowest BCUT2D eigenvalue weighted by Gasteiger charge is -2.39. The van der Waals surface area contributed by atoms with Crippen LogP contribution >= 0.6 is 0 Å². The number of halogens is 4. The Morgan fingerprint density at radius 1 is 1.52 bits per heavy atom. The molecule has 1 aliphatic heterocycles. The van der Waals surface area contributed by atoms with E-state index >= 15 is 0 Å². The normalized spacial score (nSPS) is 25.7. The Morgan fingerprint density at radius 2 is 2.15 bits per heavy atom. The van der Waals surface area contributed by atoms with Crippen LogP contribution in [0.1, 0.15) is 12.6 Å². The number of anilines is 1. The minimum absolute atomic E-state index is 0.103. The standard InChI is InChI=1S/C13H16F4N6O3S/c1-12(9-7(14)3-4-8(18)20-9)6-27(26,19-2)23(5-13(15,16)17)10(22-12)21-11(24)25/h3-4H,5-6H2,1-2H3,(H2,18,20)(H,21,22)(H,24,25). The van der Waals surface area contributed by atoms with Gasteiger partial charge in [0, 0.05) is 7.05 Å². The van der Waals surface area contributed by atoms with E-state index in [0.717, 1.165) is 19.2 Å². The predicted molar refractivity (Wildman–Crippen MR) is 88.7 cm³/mol. The molecule has 27 heavy (non-hydrogen) atoms. The second kappa shape index (κ2) is 6.83. The molecule has 1 amide bonds. The lowest BCUT2D eigenvalue weighted by molar-refractivity contribution is -0.131. The first kappa shape index (κ1) is 20.7. The van der Waals surface area contributed by atoms with Crippen LogP contribution in [0.3, 0.4) is 0 Å². The van der Waals surface area contributed by atoms with Crippen molar-refractivity contribution < 1.29 is 31.7 Å². The minimum atomic E-state index is -4.83. The maximum atomic E-state index is 14.3. The smallest absolute Gasteiger partial charge is 0.411 e. The van der Waals surface area contributed by atoms with Crippen LogP contribution in [0, 0.1) is 5.82 Å². The summed E-state index contributed by atoms with van der Waals surface area (Å²) in [4.78, 5) is 18.7. The summed E-state index contributed by atoms with van der Waals surface area (Å²) >= 11 is 0. The molecule has 0 spiro atoms. The Bertz CT molecular complexity index is 912. The average molecular weight is 412 g/mol. The maximum Gasteiger partial charge on any atom is 0.411 e. The molecule has 0 bridgehead atoms. The number of rotatable bonds is 2. The molecule has 1 aromatic heterocycles. The Morgan fingerprint density at radius 3 is 2.67 bits per heavy atom. The number of nitrogen functional groups attached to an aromatic ring is 1. The number of nitrogens with zero attached hydrogens (tertiary/aromatic N) is 4. The first-order chi connectivity index (χ1) is 12.3. The van der Waals surface area contributed by atoms with Gasteiger partial charge in [0.05, 0.1) is 5.75 Å². The van der Waals surface area contributed by atoms with Gasteiger partial charge in [-0.25, -0.2) is 32.0 Å². The van der Waals surface area contributed by atoms with Crippen LogP contribution in [0.15, 0.2) is 21.5 Å². The van der Waals surface area contributed by atoms with Crippen LogP contribution in [0.4, 0.5) is 28.2 Å². The van der Waals surface area contributed by atoms with E-state index in [1.807, 2.05) is 0 Å². The van der Waals surface area contributed by atoms with Crippen molar-refractivity contribution in [3.8, 4) is 0 Å². The fourth-order valence-electron chi connectivity index (χ4n) is 2.54. The van der Waals surface area contributed by atoms with Gasteiger partial charge >= 0.3 is 12.3 Å². The van der Waals surface area contributed by atoms with E-state index in [0.29, 0.717) is 0 Å². The molecule has 0 saturated heterocycles. The van der Waals surface area contributed by atoms with Crippen LogP contribution in [0.5, 0.6) is 0 Å². The highest BCUT2D eigenvalue weighted by Gasteiger charge is 2.47. The number of nitrogens with one attached hydrogen (secondary N) is 1. The van der Waals surface area contributed by atoms with Crippen LogP contribution < -0.4 is 11.1 Å². The van der Waals surface area contributed by atoms with Crippen LogP contribution in [0.2, 0.25) is 0 Å². The molecular formula is C13H16F4N6O3S. The molecule has 0 aliphatic carbocycles. The zero-order valence-electron chi connectivity index (χ0n) is 14.1. The van der Waals surface area contributed by atoms with E-state index in [1.165, 1.54) is 6.92 Å². The summed E-state index contributed by atoms with van der Waals surface area (Å²) in [5, 5.41) is 10.6. The first-order valence-corrected chi connectivity index (χ1v) is 8.93. The van der Waals surface area contributed by atoms with E-state index in [4.69, 9.17) is 10.8 Å². The fraction of sp³-hybridized carbons (Fsp3) is 0.462. The molecular weight excluding hydrogens is 396 g/mol. The summed E-state index contributed by atoms with van der Waals surface area (Å²) in [5.74, 6) is -2.54. The van der Waals surface area contributed by atoms with Gasteiger partial charge in [-0.1, -0.05) is 0 Å². The molecule has 1 aromatic rings. The summed E-state index contributed by atoms with van der Waals surface area (Å²) < 4.78 is 70.0. The molecule has 2 atom stereocenters. The fourth-order valence-corrected chi connectivity index (χ4v) is 4.67. The summed E-state index contributed by atoms with van der Waals surface area (Å²) in [7, 11) is -2.84. The molecule has 1 aliphatic rings. The highest BCUT2D eigenvalue weighted by molar-refractivity contribution is 7.92. The van der Waals surface area contributed by atoms with Crippen molar-refractivity contribution in [2.24, 2.45) is 9.36 Å². The monoisotopic (exact) mass is 412 g/mol. The number of hydrogen-bond acceptors (Lipinski definition) is 6. The molecule has 2 rings (SSSR count). The first-order valence-electron chi connectivity index (χ1n) is 7.29. The summed E-state index contributed by atoms with van der Waals surface area (Å²) in [6.45, 7) is -0.525. The molecule has 0 saturated carbocycles. The van der Waals surface area contributed by atoms with Crippen molar-refractivity contribution in [3.05, 3.63) is 23.6 Å². The van der Waals surface area contributed by atoms with E-state index < -0.39 is 57.5 Å². The van der Waals surface area contributed by atoms with Gasteiger partial charge in [0.25, 0.3) is 0 Å². The van der Waals surface area contributed by atoms with Gasteiger partial charge in [-0.15, -0.1) is 0 Å². The van der Waals surface area contributed by atoms with Gasteiger partial charge in [-0.05, 0) is 19.1 Å². The van der Waals surface area contributed by atoms with E-state index in [1.54, 1.807) is 5.32 Å². The van der Waals surface area contributed by atoms with Gasteiger partial charge in [-0.2, -0.15) is 13.2 Å². The summed E-state index contributed by atoms with van der Waals surface area (Å²) in [5.41, 5.74) is 3.35. The average Bonchev–Trinajstić information content (AvgIpc) is 2.52. The topological polar surface area (TPSA) is 133 Å². The highest BCUT2D eigenvalue weighted by atomic mass is 32.2. The molecule has 0 aromatic carbocycles. The number of aliphatic imine (C=N–C) groups is 1. The molecule has 9 nitrogen and oxygen atoms in total. The largest absolute Gasteiger partial charge is 0.465 e. The summed E-state index contributed by atoms with van der Waals surface area (Å²) in [6.07, 6.45) is -6.58. The SMILES string of the molecule is CN=S1(=O)CC(C)(c2nc(N)ccc2F)N=C(NC(=O)O)N1CC(F)(F)F. The predicted octanol–water partition coefficient (Wildman–Crippen LogP) is 1.53. The zero-order chi connectivity index (χ0) is 20.6. The minimum Gasteiger partial charge on any atom is -0.465 e. The number of nitrogens with two attached hydrogens (primary N) is 1. The number of hydrogen-bond donors (Lipinski definition) is 3. The van der Waals surface area contributed by atoms with Crippen LogP contribution in [-0.4, -0.2) is 56.2 Å². The maximum absolute atomic E-state index is 14.3. The number of amides is 1. The van der Waals surface area contributed by atoms with E-state index in [2.05, 4.69) is 14.3 Å². The molecule has 0 radical (unpaired) electrons. The number of pyridine rings is 1. The van der Waals surface area contributed by atoms with Crippen LogP contribution in [-0.2, 0) is 15.5 Å². The molecule has 0 fully saturated rings. The molecule has 14 heteroatoms. The van der Waals surface area contributed by atoms with Crippen molar-refractivity contribution in [2.75, 3.05) is 25.1 Å². The van der Waals surface area contributed by atoms with Crippen molar-refractivity contribution in [3.63, 3.8) is 0 Å². The Kier molecular flexibility index (Phi) is 5.23. The second-order valence-corrected chi connectivity index (χ2v) is 8.10. The van der Waals surface area contributed by atoms with E-state index in [-0.39, 0.29) is 10.1 Å². The van der Waals surface area contributed by atoms with Gasteiger partial charge in [0.15, 0.2) is 0 Å². The molecule has 2 unspecified atom stereocenters. The quantitative estimate of drug-likeness (QED) is 0.634. The van der Waals surface area contributed by atoms with Crippen molar-refractivity contribution in [2.45, 2.75) is 18.6 Å². The third-order valence-electron chi connectivity index (χ3n) is 3.61. The number of guanidine groups is 1. The second-order valence-electron chi connectivity index (χ2n) is 5.79. The third-order valence-corrected chi connectivity index (χ3v) is 6.11. The van der Waals surface area contributed by atoms with Crippen molar-refractivity contribution >= 4 is 27.8 Å². The third kappa shape index (κ3) is 4.37. The lowest BCUT2D eigenvalue weighted by atomic mass is 10.00. The van der Waals surface area contributed by atoms with Crippen molar-refractivity contribution in [1.82, 2.24) is 14.6 Å². The molecule has 2 heterocycles. The van der Waals surface area contributed by atoms with Gasteiger partial charge in [0.1, 0.15) is 39.3 Å². The Balaban J connectivity index is 2.72. The lowest BCUT2D eigenvalue weighted by Crippen LogP contribution is -2.57. The number of carboxylic acid groups (broad SMARTS) is 1. The Labute approximate surface area is 151 Å². The van der Waals surface area contributed by atoms with Gasteiger partial charge in [-0.3, -0.25) is 5.32 Å². The number of carbonyl (C=O) groups is 1. The van der Waals surface area contributed by atoms with Crippen LogP contribution in [0.25, 0.3) is 0 Å². The summed E-state index contributed by atoms with van der Waals surface area (Å²) in [6, 6.07) is 2.12.